The first-order valence-corrected chi connectivity index (χ1v) is 6.70. The highest BCUT2D eigenvalue weighted by Gasteiger charge is 2.00. The molecule has 0 bridgehead atoms. The molecule has 0 aliphatic carbocycles. The Kier molecular flexibility index (Phi) is 10.5. The van der Waals surface area contributed by atoms with Gasteiger partial charge in [0.05, 0.1) is 17.2 Å². The van der Waals surface area contributed by atoms with Crippen LogP contribution in [0.1, 0.15) is 26.7 Å². The predicted octanol–water partition coefficient (Wildman–Crippen LogP) is 4.19. The molecule has 0 aromatic rings. The lowest BCUT2D eigenvalue weighted by Gasteiger charge is -2.07. The van der Waals surface area contributed by atoms with Crippen molar-refractivity contribution in [2.24, 2.45) is 0 Å². The lowest BCUT2D eigenvalue weighted by Crippen LogP contribution is -2.01. The van der Waals surface area contributed by atoms with Gasteiger partial charge in [0.25, 0.3) is 0 Å². The monoisotopic (exact) mass is 228 g/mol. The molecule has 3 heteroatoms. The van der Waals surface area contributed by atoms with Crippen LogP contribution < -0.4 is 0 Å². The van der Waals surface area contributed by atoms with Crippen molar-refractivity contribution in [3.8, 4) is 11.7 Å². The summed E-state index contributed by atoms with van der Waals surface area (Å²) in [5.74, 6) is 0. The first-order chi connectivity index (χ1) is 6.85. The van der Waals surface area contributed by atoms with Gasteiger partial charge in [0, 0.05) is 10.8 Å². The molecule has 0 N–H and O–H groups in total. The average Bonchev–Trinajstić information content (AvgIpc) is 2.22. The maximum absolute atomic E-state index is 5.43. The summed E-state index contributed by atoms with van der Waals surface area (Å²) < 4.78 is 5.43. The minimum atomic E-state index is 0.141. The van der Waals surface area contributed by atoms with Gasteiger partial charge in [-0.2, -0.15) is 0 Å². The fourth-order valence-corrected chi connectivity index (χ4v) is 1.65. The van der Waals surface area contributed by atoms with Crippen LogP contribution >= 0.6 is 21.9 Å². The Bertz CT molecular complexity index is 216. The van der Waals surface area contributed by atoms with Crippen LogP contribution in [0.15, 0.2) is 24.3 Å². The summed E-state index contributed by atoms with van der Waals surface area (Å²) in [7, 11) is 1.27. The van der Waals surface area contributed by atoms with Crippen molar-refractivity contribution in [2.75, 3.05) is 0 Å². The summed E-state index contributed by atoms with van der Waals surface area (Å²) in [6, 6.07) is 0. The zero-order valence-corrected chi connectivity index (χ0v) is 10.2. The molecule has 0 spiro atoms. The van der Waals surface area contributed by atoms with Gasteiger partial charge in [-0.15, -0.1) is 6.42 Å². The highest BCUT2D eigenvalue weighted by atomic mass is 33.1. The second-order valence-electron chi connectivity index (χ2n) is 2.53. The summed E-state index contributed by atoms with van der Waals surface area (Å²) in [5.41, 5.74) is 0. The van der Waals surface area contributed by atoms with Crippen LogP contribution in [0.3, 0.4) is 0 Å². The van der Waals surface area contributed by atoms with Crippen molar-refractivity contribution in [1.82, 2.24) is 0 Å². The number of hydrogen-bond donors (Lipinski definition) is 0. The van der Waals surface area contributed by atoms with Gasteiger partial charge in [-0.3, -0.25) is 4.18 Å². The van der Waals surface area contributed by atoms with E-state index in [-0.39, 0.29) is 6.10 Å². The summed E-state index contributed by atoms with van der Waals surface area (Å²) >= 11 is 1.25. The summed E-state index contributed by atoms with van der Waals surface area (Å²) in [6.07, 6.45) is 15.4. The maximum atomic E-state index is 5.43. The van der Waals surface area contributed by atoms with E-state index in [9.17, 15) is 0 Å². The topological polar surface area (TPSA) is 9.23 Å². The molecular weight excluding hydrogens is 212 g/mol. The highest BCUT2D eigenvalue weighted by Crippen LogP contribution is 2.23. The van der Waals surface area contributed by atoms with Crippen molar-refractivity contribution in [2.45, 2.75) is 32.8 Å². The third-order valence-electron chi connectivity index (χ3n) is 1.46. The van der Waals surface area contributed by atoms with Crippen molar-refractivity contribution in [3.05, 3.63) is 24.3 Å². The highest BCUT2D eigenvalue weighted by molar-refractivity contribution is 8.76. The first-order valence-electron chi connectivity index (χ1n) is 4.63. The minimum Gasteiger partial charge on any atom is -0.297 e. The zero-order valence-electron chi connectivity index (χ0n) is 8.60. The Hall–Kier alpha value is -0.300. The van der Waals surface area contributed by atoms with Crippen molar-refractivity contribution >= 4 is 21.9 Å². The third kappa shape index (κ3) is 8.31. The molecule has 1 nitrogen and oxygen atoms in total. The quantitative estimate of drug-likeness (QED) is 0.212. The van der Waals surface area contributed by atoms with Gasteiger partial charge < -0.3 is 0 Å². The first kappa shape index (κ1) is 13.7. The predicted molar refractivity (Wildman–Crippen MR) is 67.8 cm³/mol. The summed E-state index contributed by atoms with van der Waals surface area (Å²) in [4.78, 5) is 0. The largest absolute Gasteiger partial charge is 0.297 e. The van der Waals surface area contributed by atoms with Crippen LogP contribution in [0.2, 0.25) is 0 Å². The molecule has 0 radical (unpaired) electrons. The molecule has 0 amide bonds. The lowest BCUT2D eigenvalue weighted by atomic mass is 10.2. The van der Waals surface area contributed by atoms with E-state index >= 15 is 0 Å². The second-order valence-corrected chi connectivity index (χ2v) is 4.17. The van der Waals surface area contributed by atoms with Gasteiger partial charge in [0.1, 0.15) is 0 Å². The Morgan fingerprint density at radius 3 is 2.79 bits per heavy atom. The number of hydrogen-bond acceptors (Lipinski definition) is 3. The molecule has 78 valence electrons. The van der Waals surface area contributed by atoms with Crippen molar-refractivity contribution in [3.63, 3.8) is 0 Å². The van der Waals surface area contributed by atoms with Crippen LogP contribution in [0, 0.1) is 11.7 Å². The van der Waals surface area contributed by atoms with Gasteiger partial charge in [0.15, 0.2) is 0 Å². The third-order valence-corrected chi connectivity index (χ3v) is 2.67. The Morgan fingerprint density at radius 1 is 1.43 bits per heavy atom. The summed E-state index contributed by atoms with van der Waals surface area (Å²) in [5, 5.41) is 2.44. The molecular formula is C11H16OS2. The molecule has 0 rings (SSSR count). The van der Waals surface area contributed by atoms with E-state index in [1.54, 1.807) is 0 Å². The van der Waals surface area contributed by atoms with Crippen LogP contribution in [-0.4, -0.2) is 6.10 Å². The molecule has 0 saturated carbocycles. The van der Waals surface area contributed by atoms with Gasteiger partial charge in [-0.1, -0.05) is 38.2 Å². The number of rotatable bonds is 7. The van der Waals surface area contributed by atoms with E-state index in [0.717, 1.165) is 12.8 Å². The van der Waals surface area contributed by atoms with Crippen molar-refractivity contribution in [1.29, 1.82) is 0 Å². The van der Waals surface area contributed by atoms with Crippen LogP contribution in [0.5, 0.6) is 0 Å². The SMILES string of the molecule is C#CSSOC(/C=C/C=C/CC)CC. The molecule has 0 aliphatic rings. The lowest BCUT2D eigenvalue weighted by molar-refractivity contribution is 0.296. The minimum absolute atomic E-state index is 0.141. The van der Waals surface area contributed by atoms with Crippen LogP contribution in [0.4, 0.5) is 0 Å². The van der Waals surface area contributed by atoms with Gasteiger partial charge in [-0.05, 0) is 18.1 Å². The second kappa shape index (κ2) is 10.8. The van der Waals surface area contributed by atoms with Crippen LogP contribution in [0.25, 0.3) is 0 Å². The summed E-state index contributed by atoms with van der Waals surface area (Å²) in [6.45, 7) is 4.19. The normalized spacial score (nSPS) is 13.5. The van der Waals surface area contributed by atoms with E-state index < -0.39 is 0 Å². The van der Waals surface area contributed by atoms with Gasteiger partial charge >= 0.3 is 0 Å². The molecule has 0 aromatic heterocycles. The molecule has 0 saturated heterocycles. The van der Waals surface area contributed by atoms with E-state index in [2.05, 4.69) is 25.2 Å². The zero-order chi connectivity index (χ0) is 10.6. The molecule has 0 heterocycles. The number of allylic oxidation sites excluding steroid dienone is 3. The van der Waals surface area contributed by atoms with Gasteiger partial charge in [0.2, 0.25) is 0 Å². The van der Waals surface area contributed by atoms with Crippen LogP contribution in [-0.2, 0) is 4.18 Å². The smallest absolute Gasteiger partial charge is 0.0914 e. The molecule has 0 aromatic carbocycles. The van der Waals surface area contributed by atoms with E-state index in [1.807, 2.05) is 18.2 Å². The average molecular weight is 228 g/mol. The molecule has 0 fully saturated rings. The Labute approximate surface area is 95.0 Å². The van der Waals surface area contributed by atoms with E-state index in [1.165, 1.54) is 21.9 Å². The van der Waals surface area contributed by atoms with E-state index in [0.29, 0.717) is 0 Å². The molecule has 1 atom stereocenters. The fourth-order valence-electron chi connectivity index (χ4n) is 0.729. The van der Waals surface area contributed by atoms with E-state index in [4.69, 9.17) is 10.6 Å². The fraction of sp³-hybridized carbons (Fsp3) is 0.455. The molecule has 1 unspecified atom stereocenters. The number of terminal acetylenes is 1. The maximum Gasteiger partial charge on any atom is 0.0914 e. The standard InChI is InChI=1S/C11H16OS2/c1-4-7-8-9-10-11(5-2)12-14-13-6-3/h3,7-11H,4-5H2,1-2H3/b8-7+,10-9+. The van der Waals surface area contributed by atoms with Crippen molar-refractivity contribution < 1.29 is 4.18 Å². The molecule has 0 aliphatic heterocycles. The van der Waals surface area contributed by atoms with Gasteiger partial charge in [-0.25, -0.2) is 0 Å². The Balaban J connectivity index is 3.73. The Morgan fingerprint density at radius 2 is 2.21 bits per heavy atom. The molecule has 14 heavy (non-hydrogen) atoms.